The van der Waals surface area contributed by atoms with Crippen molar-refractivity contribution in [1.29, 1.82) is 0 Å². The minimum absolute atomic E-state index is 0.170. The second kappa shape index (κ2) is 2.38. The Bertz CT molecular complexity index is 601. The summed E-state index contributed by atoms with van der Waals surface area (Å²) in [6, 6.07) is 5.90. The first-order valence-corrected chi connectivity index (χ1v) is 4.69. The van der Waals surface area contributed by atoms with E-state index in [1.54, 1.807) is 0 Å². The topological polar surface area (TPSA) is 23.1 Å². The first-order valence-electron chi connectivity index (χ1n) is 4.69. The molecule has 14 heavy (non-hydrogen) atoms. The van der Waals surface area contributed by atoms with Gasteiger partial charge < -0.3 is 5.11 Å². The van der Waals surface area contributed by atoms with Gasteiger partial charge in [-0.1, -0.05) is 42.2 Å². The Morgan fingerprint density at radius 3 is 2.93 bits per heavy atom. The lowest BCUT2D eigenvalue weighted by atomic mass is 10.1. The lowest BCUT2D eigenvalue weighted by Crippen LogP contribution is -2.28. The van der Waals surface area contributed by atoms with Crippen LogP contribution in [-0.4, -0.2) is 0 Å². The number of fused-ring (bicyclic) bond motifs is 2. The third-order valence-corrected chi connectivity index (χ3v) is 2.85. The molecule has 0 fully saturated rings. The van der Waals surface area contributed by atoms with Crippen molar-refractivity contribution in [2.24, 2.45) is 0 Å². The van der Waals surface area contributed by atoms with Crippen LogP contribution in [0.2, 0.25) is 0 Å². The molecule has 3 rings (SSSR count). The van der Waals surface area contributed by atoms with Gasteiger partial charge in [0.05, 0.1) is 0 Å². The van der Waals surface area contributed by atoms with E-state index < -0.39 is 0 Å². The van der Waals surface area contributed by atoms with Gasteiger partial charge in [0.1, 0.15) is 0 Å². The van der Waals surface area contributed by atoms with E-state index in [0.29, 0.717) is 0 Å². The Hall–Kier alpha value is -1.76. The van der Waals surface area contributed by atoms with E-state index >= 15 is 0 Å². The Kier molecular flexibility index (Phi) is 1.30. The third-order valence-electron chi connectivity index (χ3n) is 2.85. The fourth-order valence-corrected chi connectivity index (χ4v) is 2.20. The minimum Gasteiger partial charge on any atom is -0.872 e. The normalized spacial score (nSPS) is 17.1. The highest BCUT2D eigenvalue weighted by atomic mass is 16.3. The molecule has 0 N–H and O–H groups in total. The van der Waals surface area contributed by atoms with Crippen LogP contribution >= 0.6 is 0 Å². The molecule has 0 atom stereocenters. The first kappa shape index (κ1) is 7.63. The van der Waals surface area contributed by atoms with Crippen molar-refractivity contribution < 1.29 is 5.11 Å². The van der Waals surface area contributed by atoms with Crippen molar-refractivity contribution in [3.63, 3.8) is 0 Å². The Morgan fingerprint density at radius 1 is 1.21 bits per heavy atom. The van der Waals surface area contributed by atoms with Crippen molar-refractivity contribution >= 4 is 11.3 Å². The fourth-order valence-electron chi connectivity index (χ4n) is 2.20. The molecule has 0 spiro atoms. The van der Waals surface area contributed by atoms with Gasteiger partial charge in [-0.05, 0) is 34.1 Å². The van der Waals surface area contributed by atoms with Crippen LogP contribution in [0.4, 0.5) is 0 Å². The molecule has 1 heteroatoms. The standard InChI is InChI=1S/C13H10O/c1-8-4-2-7-11-12(8)9-5-3-6-10(9)13(11)14/h2-7,14H,1H3/p-1. The van der Waals surface area contributed by atoms with Crippen molar-refractivity contribution in [3.05, 3.63) is 58.0 Å². The van der Waals surface area contributed by atoms with Crippen LogP contribution in [0, 0.1) is 6.92 Å². The second-order valence-corrected chi connectivity index (χ2v) is 3.68. The SMILES string of the molecule is Cc1cccc2c1=C1C=CC=C1C=2[O-]. The zero-order chi connectivity index (χ0) is 9.71. The summed E-state index contributed by atoms with van der Waals surface area (Å²) in [5, 5.41) is 13.9. The predicted molar refractivity (Wildman–Crippen MR) is 54.5 cm³/mol. The van der Waals surface area contributed by atoms with Gasteiger partial charge in [-0.15, -0.1) is 0 Å². The molecule has 0 amide bonds. The van der Waals surface area contributed by atoms with Crippen molar-refractivity contribution in [2.75, 3.05) is 0 Å². The smallest absolute Gasteiger partial charge is 0.00823 e. The molecule has 0 unspecified atom stereocenters. The largest absolute Gasteiger partial charge is 0.872 e. The van der Waals surface area contributed by atoms with Gasteiger partial charge >= 0.3 is 0 Å². The fraction of sp³-hybridized carbons (Fsp3) is 0.0769. The molecule has 0 saturated carbocycles. The van der Waals surface area contributed by atoms with Gasteiger partial charge in [0.15, 0.2) is 0 Å². The van der Waals surface area contributed by atoms with Gasteiger partial charge in [-0.2, -0.15) is 0 Å². The quantitative estimate of drug-likeness (QED) is 0.557. The maximum atomic E-state index is 11.9. The number of allylic oxidation sites excluding steroid dienone is 3. The van der Waals surface area contributed by atoms with Crippen LogP contribution in [0.3, 0.4) is 0 Å². The molecular weight excluding hydrogens is 172 g/mol. The summed E-state index contributed by atoms with van der Waals surface area (Å²) in [5.74, 6) is 0.170. The summed E-state index contributed by atoms with van der Waals surface area (Å²) in [6.07, 6.45) is 5.86. The van der Waals surface area contributed by atoms with Gasteiger partial charge in [0, 0.05) is 0 Å². The van der Waals surface area contributed by atoms with E-state index in [0.717, 1.165) is 21.6 Å². The van der Waals surface area contributed by atoms with Gasteiger partial charge in [-0.3, -0.25) is 0 Å². The summed E-state index contributed by atoms with van der Waals surface area (Å²) in [5.41, 5.74) is 3.14. The van der Waals surface area contributed by atoms with Gasteiger partial charge in [0.2, 0.25) is 0 Å². The van der Waals surface area contributed by atoms with Crippen LogP contribution in [0.15, 0.2) is 42.0 Å². The summed E-state index contributed by atoms with van der Waals surface area (Å²) in [6.45, 7) is 2.05. The number of benzene rings is 1. The highest BCUT2D eigenvalue weighted by Crippen LogP contribution is 2.25. The molecule has 0 aliphatic heterocycles. The average Bonchev–Trinajstić information content (AvgIpc) is 2.72. The van der Waals surface area contributed by atoms with E-state index in [-0.39, 0.29) is 5.76 Å². The minimum atomic E-state index is 0.170. The first-order chi connectivity index (χ1) is 6.79. The maximum Gasteiger partial charge on any atom is -0.00823 e. The molecule has 0 bridgehead atoms. The maximum absolute atomic E-state index is 11.9. The van der Waals surface area contributed by atoms with Crippen LogP contribution in [0.1, 0.15) is 5.56 Å². The number of rotatable bonds is 0. The Balaban J connectivity index is 2.65. The van der Waals surface area contributed by atoms with Crippen molar-refractivity contribution in [3.8, 4) is 0 Å². The molecular formula is C13H9O-. The lowest BCUT2D eigenvalue weighted by molar-refractivity contribution is -0.244. The van der Waals surface area contributed by atoms with Crippen LogP contribution < -0.4 is 15.5 Å². The molecule has 68 valence electrons. The van der Waals surface area contributed by atoms with E-state index in [2.05, 4.69) is 0 Å². The highest BCUT2D eigenvalue weighted by molar-refractivity contribution is 5.93. The molecule has 1 aromatic rings. The Labute approximate surface area is 82.0 Å². The lowest BCUT2D eigenvalue weighted by Gasteiger charge is -2.08. The monoisotopic (exact) mass is 181 g/mol. The molecule has 0 saturated heterocycles. The second-order valence-electron chi connectivity index (χ2n) is 3.68. The summed E-state index contributed by atoms with van der Waals surface area (Å²) >= 11 is 0. The van der Waals surface area contributed by atoms with Gasteiger partial charge in [0.25, 0.3) is 0 Å². The van der Waals surface area contributed by atoms with Gasteiger partial charge in [-0.25, -0.2) is 0 Å². The van der Waals surface area contributed by atoms with E-state index in [1.165, 1.54) is 5.56 Å². The molecule has 0 heterocycles. The van der Waals surface area contributed by atoms with Crippen molar-refractivity contribution in [2.45, 2.75) is 6.92 Å². The molecule has 0 aromatic heterocycles. The molecule has 2 aliphatic rings. The molecule has 1 nitrogen and oxygen atoms in total. The molecule has 0 radical (unpaired) electrons. The summed E-state index contributed by atoms with van der Waals surface area (Å²) in [7, 11) is 0. The van der Waals surface area contributed by atoms with Crippen LogP contribution in [-0.2, 0) is 0 Å². The van der Waals surface area contributed by atoms with E-state index in [4.69, 9.17) is 0 Å². The number of aryl methyl sites for hydroxylation is 1. The Morgan fingerprint density at radius 2 is 2.07 bits per heavy atom. The number of hydrogen-bond donors (Lipinski definition) is 0. The van der Waals surface area contributed by atoms with Crippen molar-refractivity contribution in [1.82, 2.24) is 0 Å². The van der Waals surface area contributed by atoms with E-state index in [1.807, 2.05) is 43.4 Å². The predicted octanol–water partition coefficient (Wildman–Crippen LogP) is 0.124. The molecule has 1 aromatic carbocycles. The summed E-state index contributed by atoms with van der Waals surface area (Å²) in [4.78, 5) is 0. The third kappa shape index (κ3) is 0.746. The van der Waals surface area contributed by atoms with E-state index in [9.17, 15) is 5.11 Å². The zero-order valence-corrected chi connectivity index (χ0v) is 7.87. The van der Waals surface area contributed by atoms with Crippen LogP contribution in [0.5, 0.6) is 0 Å². The average molecular weight is 181 g/mol. The highest BCUT2D eigenvalue weighted by Gasteiger charge is 2.14. The zero-order valence-electron chi connectivity index (χ0n) is 7.87. The number of hydrogen-bond acceptors (Lipinski definition) is 1. The summed E-state index contributed by atoms with van der Waals surface area (Å²) < 4.78 is 0. The molecule has 2 aliphatic carbocycles. The van der Waals surface area contributed by atoms with Crippen LogP contribution in [0.25, 0.3) is 11.3 Å².